The van der Waals surface area contributed by atoms with Crippen LogP contribution in [0.2, 0.25) is 0 Å². The fourth-order valence-electron chi connectivity index (χ4n) is 1.77. The summed E-state index contributed by atoms with van der Waals surface area (Å²) < 4.78 is 18.1. The van der Waals surface area contributed by atoms with Crippen LogP contribution in [0.4, 0.5) is 10.1 Å². The van der Waals surface area contributed by atoms with Crippen molar-refractivity contribution < 1.29 is 13.9 Å². The zero-order valence-electron chi connectivity index (χ0n) is 11.0. The minimum Gasteiger partial charge on any atom is -0.494 e. The van der Waals surface area contributed by atoms with E-state index in [2.05, 4.69) is 5.32 Å². The molecule has 0 atom stereocenters. The van der Waals surface area contributed by atoms with Gasteiger partial charge in [0.25, 0.3) is 5.91 Å². The van der Waals surface area contributed by atoms with Crippen LogP contribution in [0, 0.1) is 5.82 Å². The maximum absolute atomic E-state index is 13.3. The molecule has 0 unspecified atom stereocenters. The fourth-order valence-corrected chi connectivity index (χ4v) is 1.77. The molecule has 4 nitrogen and oxygen atoms in total. The standard InChI is InChI=1S/C15H15FN2O2/c1-20-14-8-10(6-7-12(14)16)15(19)18-9-11-4-2-3-5-13(11)17/h2-8H,9,17H2,1H3,(H,18,19). The number of rotatable bonds is 4. The van der Waals surface area contributed by atoms with Gasteiger partial charge in [-0.3, -0.25) is 4.79 Å². The van der Waals surface area contributed by atoms with Crippen LogP contribution in [-0.4, -0.2) is 13.0 Å². The molecule has 0 heterocycles. The highest BCUT2D eigenvalue weighted by Crippen LogP contribution is 2.18. The van der Waals surface area contributed by atoms with E-state index in [1.54, 1.807) is 6.07 Å². The van der Waals surface area contributed by atoms with Crippen LogP contribution in [0.1, 0.15) is 15.9 Å². The van der Waals surface area contributed by atoms with Crippen molar-refractivity contribution in [1.29, 1.82) is 0 Å². The van der Waals surface area contributed by atoms with E-state index in [9.17, 15) is 9.18 Å². The van der Waals surface area contributed by atoms with Crippen LogP contribution in [0.5, 0.6) is 5.75 Å². The largest absolute Gasteiger partial charge is 0.494 e. The molecule has 3 N–H and O–H groups in total. The molecule has 0 aliphatic rings. The summed E-state index contributed by atoms with van der Waals surface area (Å²) in [6.45, 7) is 0.311. The molecule has 0 spiro atoms. The second-order valence-corrected chi connectivity index (χ2v) is 4.23. The van der Waals surface area contributed by atoms with Crippen molar-refractivity contribution in [1.82, 2.24) is 5.32 Å². The summed E-state index contributed by atoms with van der Waals surface area (Å²) in [5.41, 5.74) is 7.57. The summed E-state index contributed by atoms with van der Waals surface area (Å²) >= 11 is 0. The van der Waals surface area contributed by atoms with E-state index in [4.69, 9.17) is 10.5 Å². The summed E-state index contributed by atoms with van der Waals surface area (Å²) in [6, 6.07) is 11.2. The predicted molar refractivity (Wildman–Crippen MR) is 75.0 cm³/mol. The first-order valence-electron chi connectivity index (χ1n) is 6.07. The molecule has 0 aromatic heterocycles. The number of nitrogens with two attached hydrogens (primary N) is 1. The molecule has 1 amide bonds. The number of methoxy groups -OCH3 is 1. The van der Waals surface area contributed by atoms with Gasteiger partial charge in [0.15, 0.2) is 11.6 Å². The SMILES string of the molecule is COc1cc(C(=O)NCc2ccccc2N)ccc1F. The number of nitrogens with one attached hydrogen (secondary N) is 1. The Bertz CT molecular complexity index is 629. The summed E-state index contributed by atoms with van der Waals surface area (Å²) in [5.74, 6) is -0.778. The number of para-hydroxylation sites is 1. The van der Waals surface area contributed by atoms with Gasteiger partial charge in [-0.15, -0.1) is 0 Å². The quantitative estimate of drug-likeness (QED) is 0.841. The Morgan fingerprint density at radius 3 is 2.75 bits per heavy atom. The zero-order valence-corrected chi connectivity index (χ0v) is 11.0. The van der Waals surface area contributed by atoms with Crippen molar-refractivity contribution >= 4 is 11.6 Å². The number of amides is 1. The number of nitrogen functional groups attached to an aromatic ring is 1. The van der Waals surface area contributed by atoms with Crippen molar-refractivity contribution in [3.63, 3.8) is 0 Å². The maximum atomic E-state index is 13.3. The van der Waals surface area contributed by atoms with E-state index in [1.807, 2.05) is 18.2 Å². The number of hydrogen-bond donors (Lipinski definition) is 2. The Labute approximate surface area is 116 Å². The topological polar surface area (TPSA) is 64.3 Å². The average Bonchev–Trinajstić information content (AvgIpc) is 2.46. The van der Waals surface area contributed by atoms with Crippen molar-refractivity contribution in [3.8, 4) is 5.75 Å². The van der Waals surface area contributed by atoms with Gasteiger partial charge in [0.05, 0.1) is 7.11 Å². The molecule has 0 aliphatic heterocycles. The minimum atomic E-state index is -0.503. The molecule has 5 heteroatoms. The number of anilines is 1. The normalized spacial score (nSPS) is 10.1. The van der Waals surface area contributed by atoms with Crippen molar-refractivity contribution in [3.05, 3.63) is 59.4 Å². The minimum absolute atomic E-state index is 0.0388. The monoisotopic (exact) mass is 274 g/mol. The van der Waals surface area contributed by atoms with Crippen LogP contribution in [0.15, 0.2) is 42.5 Å². The van der Waals surface area contributed by atoms with Crippen LogP contribution in [-0.2, 0) is 6.54 Å². The molecule has 0 radical (unpaired) electrons. The Morgan fingerprint density at radius 1 is 1.30 bits per heavy atom. The van der Waals surface area contributed by atoms with Gasteiger partial charge in [-0.25, -0.2) is 4.39 Å². The smallest absolute Gasteiger partial charge is 0.251 e. The Hall–Kier alpha value is -2.56. The number of benzene rings is 2. The lowest BCUT2D eigenvalue weighted by atomic mass is 10.1. The fraction of sp³-hybridized carbons (Fsp3) is 0.133. The van der Waals surface area contributed by atoms with Gasteiger partial charge in [0.1, 0.15) is 0 Å². The molecule has 2 aromatic rings. The summed E-state index contributed by atoms with van der Waals surface area (Å²) in [5, 5.41) is 2.73. The average molecular weight is 274 g/mol. The third kappa shape index (κ3) is 3.06. The van der Waals surface area contributed by atoms with Crippen molar-refractivity contribution in [2.45, 2.75) is 6.54 Å². The lowest BCUT2D eigenvalue weighted by molar-refractivity contribution is 0.0950. The second-order valence-electron chi connectivity index (χ2n) is 4.23. The molecule has 0 aliphatic carbocycles. The summed E-state index contributed by atoms with van der Waals surface area (Å²) in [4.78, 5) is 12.0. The number of halogens is 1. The molecule has 0 saturated heterocycles. The molecule has 0 fully saturated rings. The third-order valence-electron chi connectivity index (χ3n) is 2.91. The van der Waals surface area contributed by atoms with Crippen LogP contribution < -0.4 is 15.8 Å². The number of carbonyl (C=O) groups excluding carboxylic acids is 1. The number of carbonyl (C=O) groups is 1. The van der Waals surface area contributed by atoms with E-state index in [1.165, 1.54) is 25.3 Å². The molecule has 2 rings (SSSR count). The molecular weight excluding hydrogens is 259 g/mol. The molecule has 20 heavy (non-hydrogen) atoms. The van der Waals surface area contributed by atoms with Crippen molar-refractivity contribution in [2.75, 3.05) is 12.8 Å². The lowest BCUT2D eigenvalue weighted by Crippen LogP contribution is -2.23. The molecule has 0 bridgehead atoms. The molecular formula is C15H15FN2O2. The van der Waals surface area contributed by atoms with Crippen LogP contribution >= 0.6 is 0 Å². The maximum Gasteiger partial charge on any atom is 0.251 e. The van der Waals surface area contributed by atoms with E-state index in [-0.39, 0.29) is 11.7 Å². The van der Waals surface area contributed by atoms with E-state index in [0.717, 1.165) is 5.56 Å². The highest BCUT2D eigenvalue weighted by molar-refractivity contribution is 5.94. The second kappa shape index (κ2) is 6.06. The summed E-state index contributed by atoms with van der Waals surface area (Å²) in [6.07, 6.45) is 0. The molecule has 104 valence electrons. The predicted octanol–water partition coefficient (Wildman–Crippen LogP) is 2.35. The van der Waals surface area contributed by atoms with Gasteiger partial charge >= 0.3 is 0 Å². The Morgan fingerprint density at radius 2 is 2.05 bits per heavy atom. The first-order valence-corrected chi connectivity index (χ1v) is 6.07. The molecule has 2 aromatic carbocycles. The summed E-state index contributed by atoms with van der Waals surface area (Å²) in [7, 11) is 1.35. The molecule has 0 saturated carbocycles. The first-order chi connectivity index (χ1) is 9.61. The van der Waals surface area contributed by atoms with Crippen LogP contribution in [0.25, 0.3) is 0 Å². The Kier molecular flexibility index (Phi) is 4.20. The van der Waals surface area contributed by atoms with Gasteiger partial charge in [0, 0.05) is 17.8 Å². The van der Waals surface area contributed by atoms with E-state index < -0.39 is 5.82 Å². The van der Waals surface area contributed by atoms with Gasteiger partial charge in [-0.05, 0) is 29.8 Å². The van der Waals surface area contributed by atoms with E-state index >= 15 is 0 Å². The number of hydrogen-bond acceptors (Lipinski definition) is 3. The van der Waals surface area contributed by atoms with Gasteiger partial charge in [0.2, 0.25) is 0 Å². The van der Waals surface area contributed by atoms with Gasteiger partial charge in [-0.1, -0.05) is 18.2 Å². The highest BCUT2D eigenvalue weighted by Gasteiger charge is 2.10. The van der Waals surface area contributed by atoms with Gasteiger partial charge in [-0.2, -0.15) is 0 Å². The number of ether oxygens (including phenoxy) is 1. The van der Waals surface area contributed by atoms with Crippen molar-refractivity contribution in [2.24, 2.45) is 0 Å². The van der Waals surface area contributed by atoms with E-state index in [0.29, 0.717) is 17.8 Å². The first kappa shape index (κ1) is 13.9. The highest BCUT2D eigenvalue weighted by atomic mass is 19.1. The zero-order chi connectivity index (χ0) is 14.5. The van der Waals surface area contributed by atoms with Crippen LogP contribution in [0.3, 0.4) is 0 Å². The lowest BCUT2D eigenvalue weighted by Gasteiger charge is -2.09. The van der Waals surface area contributed by atoms with Gasteiger partial charge < -0.3 is 15.8 Å². The third-order valence-corrected chi connectivity index (χ3v) is 2.91. The Balaban J connectivity index is 2.07.